The van der Waals surface area contributed by atoms with E-state index in [0.29, 0.717) is 0 Å². The first-order valence-electron chi connectivity index (χ1n) is 5.01. The zero-order valence-corrected chi connectivity index (χ0v) is 9.27. The molecule has 6 nitrogen and oxygen atoms in total. The molecule has 17 heavy (non-hydrogen) atoms. The minimum atomic E-state index is -0.742. The first-order valence-corrected chi connectivity index (χ1v) is 5.01. The van der Waals surface area contributed by atoms with Gasteiger partial charge in [0.25, 0.3) is 5.91 Å². The number of aromatic hydroxyl groups is 2. The molecule has 0 fully saturated rings. The van der Waals surface area contributed by atoms with E-state index in [1.165, 1.54) is 18.2 Å². The summed E-state index contributed by atoms with van der Waals surface area (Å²) in [7, 11) is 0. The minimum Gasteiger partial charge on any atom is -0.507 e. The van der Waals surface area contributed by atoms with Crippen LogP contribution < -0.4 is 5.32 Å². The molecule has 0 spiro atoms. The molecule has 1 amide bonds. The average molecular weight is 239 g/mol. The van der Waals surface area contributed by atoms with Crippen LogP contribution in [0, 0.1) is 0 Å². The maximum Gasteiger partial charge on any atom is 0.325 e. The molecule has 92 valence electrons. The lowest BCUT2D eigenvalue weighted by atomic mass is 10.1. The van der Waals surface area contributed by atoms with Crippen molar-refractivity contribution in [3.8, 4) is 11.5 Å². The molecule has 0 aliphatic heterocycles. The highest BCUT2D eigenvalue weighted by Crippen LogP contribution is 2.25. The highest BCUT2D eigenvalue weighted by Gasteiger charge is 2.16. The van der Waals surface area contributed by atoms with Crippen LogP contribution in [0.1, 0.15) is 17.3 Å². The number of hydrogen-bond acceptors (Lipinski definition) is 5. The van der Waals surface area contributed by atoms with Gasteiger partial charge in [-0.25, -0.2) is 0 Å². The Labute approximate surface area is 97.8 Å². The van der Waals surface area contributed by atoms with Crippen LogP contribution in [-0.4, -0.2) is 35.2 Å². The van der Waals surface area contributed by atoms with E-state index < -0.39 is 11.9 Å². The fourth-order valence-corrected chi connectivity index (χ4v) is 1.21. The molecule has 0 aromatic heterocycles. The molecule has 0 bridgehead atoms. The number of phenolic OH excluding ortho intramolecular Hbond substituents is 2. The number of amides is 1. The molecule has 0 heterocycles. The van der Waals surface area contributed by atoms with Crippen molar-refractivity contribution in [1.29, 1.82) is 0 Å². The Morgan fingerprint density at radius 1 is 1.29 bits per heavy atom. The van der Waals surface area contributed by atoms with Crippen LogP contribution in [0.5, 0.6) is 11.5 Å². The van der Waals surface area contributed by atoms with Crippen molar-refractivity contribution in [2.45, 2.75) is 6.92 Å². The van der Waals surface area contributed by atoms with Gasteiger partial charge in [0.1, 0.15) is 23.6 Å². The number of nitrogens with one attached hydrogen (secondary N) is 1. The van der Waals surface area contributed by atoms with Gasteiger partial charge >= 0.3 is 5.97 Å². The van der Waals surface area contributed by atoms with Gasteiger partial charge in [-0.2, -0.15) is 0 Å². The topological polar surface area (TPSA) is 95.9 Å². The maximum absolute atomic E-state index is 11.6. The van der Waals surface area contributed by atoms with Crippen LogP contribution in [0.15, 0.2) is 18.2 Å². The van der Waals surface area contributed by atoms with E-state index in [4.69, 9.17) is 0 Å². The summed E-state index contributed by atoms with van der Waals surface area (Å²) in [6.45, 7) is 1.55. The number of carbonyl (C=O) groups is 2. The van der Waals surface area contributed by atoms with Crippen LogP contribution in [0.2, 0.25) is 0 Å². The Bertz CT molecular complexity index is 410. The molecule has 0 aliphatic carbocycles. The molecule has 1 aromatic rings. The van der Waals surface area contributed by atoms with Crippen molar-refractivity contribution in [3.05, 3.63) is 23.8 Å². The van der Waals surface area contributed by atoms with Crippen LogP contribution in [-0.2, 0) is 9.53 Å². The van der Waals surface area contributed by atoms with E-state index in [9.17, 15) is 19.8 Å². The smallest absolute Gasteiger partial charge is 0.325 e. The summed E-state index contributed by atoms with van der Waals surface area (Å²) < 4.78 is 4.61. The summed E-state index contributed by atoms with van der Waals surface area (Å²) in [6, 6.07) is 3.92. The monoisotopic (exact) mass is 239 g/mol. The largest absolute Gasteiger partial charge is 0.507 e. The summed E-state index contributed by atoms with van der Waals surface area (Å²) in [5.74, 6) is -2.04. The number of phenols is 2. The van der Waals surface area contributed by atoms with Crippen molar-refractivity contribution >= 4 is 11.9 Å². The highest BCUT2D eigenvalue weighted by molar-refractivity contribution is 6.00. The second kappa shape index (κ2) is 5.74. The van der Waals surface area contributed by atoms with Gasteiger partial charge in [0, 0.05) is 0 Å². The van der Waals surface area contributed by atoms with Gasteiger partial charge in [-0.3, -0.25) is 9.59 Å². The Kier molecular flexibility index (Phi) is 4.33. The van der Waals surface area contributed by atoms with Crippen molar-refractivity contribution in [2.75, 3.05) is 13.2 Å². The maximum atomic E-state index is 11.6. The number of ether oxygens (including phenoxy) is 1. The number of benzene rings is 1. The highest BCUT2D eigenvalue weighted by atomic mass is 16.5. The molecule has 0 radical (unpaired) electrons. The zero-order valence-electron chi connectivity index (χ0n) is 9.27. The molecule has 0 saturated heterocycles. The van der Waals surface area contributed by atoms with Gasteiger partial charge in [0.05, 0.1) is 6.61 Å². The van der Waals surface area contributed by atoms with Crippen molar-refractivity contribution in [3.63, 3.8) is 0 Å². The Hall–Kier alpha value is -2.24. The molecule has 0 saturated carbocycles. The van der Waals surface area contributed by atoms with E-state index in [2.05, 4.69) is 10.1 Å². The van der Waals surface area contributed by atoms with Crippen LogP contribution in [0.4, 0.5) is 0 Å². The molecular weight excluding hydrogens is 226 g/mol. The van der Waals surface area contributed by atoms with Crippen molar-refractivity contribution < 1.29 is 24.5 Å². The Morgan fingerprint density at radius 3 is 2.41 bits per heavy atom. The Balaban J connectivity index is 2.68. The van der Waals surface area contributed by atoms with Crippen LogP contribution in [0.3, 0.4) is 0 Å². The number of esters is 1. The first-order chi connectivity index (χ1) is 8.06. The molecule has 0 atom stereocenters. The second-order valence-electron chi connectivity index (χ2n) is 3.16. The molecule has 1 rings (SSSR count). The normalized spacial score (nSPS) is 9.71. The Morgan fingerprint density at radius 2 is 1.88 bits per heavy atom. The van der Waals surface area contributed by atoms with Gasteiger partial charge in [-0.15, -0.1) is 0 Å². The van der Waals surface area contributed by atoms with Crippen LogP contribution in [0.25, 0.3) is 0 Å². The van der Waals surface area contributed by atoms with E-state index in [1.54, 1.807) is 6.92 Å². The lowest BCUT2D eigenvalue weighted by Crippen LogP contribution is -2.30. The number of hydrogen-bond donors (Lipinski definition) is 3. The quantitative estimate of drug-likeness (QED) is 0.660. The van der Waals surface area contributed by atoms with E-state index in [-0.39, 0.29) is 30.2 Å². The van der Waals surface area contributed by atoms with Gasteiger partial charge in [-0.1, -0.05) is 6.07 Å². The van der Waals surface area contributed by atoms with Gasteiger partial charge in [0.2, 0.25) is 0 Å². The van der Waals surface area contributed by atoms with Gasteiger partial charge in [0.15, 0.2) is 0 Å². The summed E-state index contributed by atoms with van der Waals surface area (Å²) in [4.78, 5) is 22.5. The summed E-state index contributed by atoms with van der Waals surface area (Å²) in [5, 5.41) is 21.0. The third kappa shape index (κ3) is 3.37. The van der Waals surface area contributed by atoms with Crippen molar-refractivity contribution in [2.24, 2.45) is 0 Å². The van der Waals surface area contributed by atoms with Crippen LogP contribution >= 0.6 is 0 Å². The predicted octanol–water partition coefficient (Wildman–Crippen LogP) is 0.391. The molecule has 0 aliphatic rings. The van der Waals surface area contributed by atoms with E-state index >= 15 is 0 Å². The fourth-order valence-electron chi connectivity index (χ4n) is 1.21. The SMILES string of the molecule is CCOC(=O)CNC(=O)c1c(O)cccc1O. The summed E-state index contributed by atoms with van der Waals surface area (Å²) >= 11 is 0. The second-order valence-corrected chi connectivity index (χ2v) is 3.16. The minimum absolute atomic E-state index is 0.219. The molecule has 1 aromatic carbocycles. The van der Waals surface area contributed by atoms with E-state index in [0.717, 1.165) is 0 Å². The first kappa shape index (κ1) is 12.8. The van der Waals surface area contributed by atoms with Gasteiger partial charge in [-0.05, 0) is 19.1 Å². The standard InChI is InChI=1S/C11H13NO5/c1-2-17-9(15)6-12-11(16)10-7(13)4-3-5-8(10)14/h3-5,13-14H,2,6H2,1H3,(H,12,16). The molecule has 0 unspecified atom stereocenters. The average Bonchev–Trinajstić information content (AvgIpc) is 2.26. The lowest BCUT2D eigenvalue weighted by molar-refractivity contribution is -0.141. The zero-order chi connectivity index (χ0) is 12.8. The predicted molar refractivity (Wildman–Crippen MR) is 58.7 cm³/mol. The fraction of sp³-hybridized carbons (Fsp3) is 0.273. The molecule has 3 N–H and O–H groups in total. The van der Waals surface area contributed by atoms with E-state index in [1.807, 2.05) is 0 Å². The van der Waals surface area contributed by atoms with Gasteiger partial charge < -0.3 is 20.3 Å². The number of rotatable bonds is 4. The van der Waals surface area contributed by atoms with Crippen molar-refractivity contribution in [1.82, 2.24) is 5.32 Å². The molecular formula is C11H13NO5. The third-order valence-electron chi connectivity index (χ3n) is 1.95. The summed E-state index contributed by atoms with van der Waals surface area (Å²) in [6.07, 6.45) is 0. The lowest BCUT2D eigenvalue weighted by Gasteiger charge is -2.07. The third-order valence-corrected chi connectivity index (χ3v) is 1.95. The molecule has 6 heteroatoms. The number of carbonyl (C=O) groups excluding carboxylic acids is 2. The summed E-state index contributed by atoms with van der Waals surface area (Å²) in [5.41, 5.74) is -0.267.